The van der Waals surface area contributed by atoms with Crippen LogP contribution in [0.15, 0.2) is 0 Å². The number of carboxylic acid groups (broad SMARTS) is 1. The van der Waals surface area contributed by atoms with Gasteiger partial charge in [-0.25, -0.2) is 12.7 Å². The minimum atomic E-state index is -3.38. The van der Waals surface area contributed by atoms with Crippen molar-refractivity contribution >= 4 is 16.0 Å². The summed E-state index contributed by atoms with van der Waals surface area (Å²) >= 11 is 0. The molecule has 2 aliphatic rings. The smallest absolute Gasteiger partial charge is 0.307 e. The molecule has 0 radical (unpaired) electrons. The highest BCUT2D eigenvalue weighted by atomic mass is 32.2. The van der Waals surface area contributed by atoms with E-state index in [9.17, 15) is 13.2 Å². The van der Waals surface area contributed by atoms with E-state index >= 15 is 0 Å². The highest BCUT2D eigenvalue weighted by Crippen LogP contribution is 2.22. The third-order valence-electron chi connectivity index (χ3n) is 3.56. The Kier molecular flexibility index (Phi) is 4.24. The van der Waals surface area contributed by atoms with Crippen molar-refractivity contribution in [3.63, 3.8) is 0 Å². The molecule has 0 aliphatic carbocycles. The van der Waals surface area contributed by atoms with Crippen LogP contribution in [-0.2, 0) is 19.6 Å². The van der Waals surface area contributed by atoms with Gasteiger partial charge in [0.25, 0.3) is 0 Å². The van der Waals surface area contributed by atoms with Gasteiger partial charge in [-0.3, -0.25) is 4.79 Å². The number of aliphatic carboxylic acids is 1. The standard InChI is InChI=1S/C11H19NO5S/c13-11(14)9-4-5-12(7-9)18(15,16)8-10-3-1-2-6-17-10/h9-10H,1-8H2,(H,13,14). The first kappa shape index (κ1) is 13.8. The van der Waals surface area contributed by atoms with Gasteiger partial charge in [0.1, 0.15) is 0 Å². The molecule has 2 atom stereocenters. The molecule has 1 N–H and O–H groups in total. The molecule has 18 heavy (non-hydrogen) atoms. The first-order valence-electron chi connectivity index (χ1n) is 6.31. The Morgan fingerprint density at radius 2 is 2.11 bits per heavy atom. The third-order valence-corrected chi connectivity index (χ3v) is 5.48. The van der Waals surface area contributed by atoms with Crippen LogP contribution in [0.1, 0.15) is 25.7 Å². The second-order valence-corrected chi connectivity index (χ2v) is 6.96. The highest BCUT2D eigenvalue weighted by molar-refractivity contribution is 7.89. The molecule has 0 aromatic heterocycles. The zero-order chi connectivity index (χ0) is 13.2. The van der Waals surface area contributed by atoms with Crippen LogP contribution >= 0.6 is 0 Å². The van der Waals surface area contributed by atoms with Crippen LogP contribution in [0.5, 0.6) is 0 Å². The van der Waals surface area contributed by atoms with Crippen LogP contribution in [-0.4, -0.2) is 55.4 Å². The largest absolute Gasteiger partial charge is 0.481 e. The van der Waals surface area contributed by atoms with Crippen LogP contribution in [0, 0.1) is 5.92 Å². The molecule has 0 saturated carbocycles. The van der Waals surface area contributed by atoms with Crippen molar-refractivity contribution in [2.75, 3.05) is 25.4 Å². The van der Waals surface area contributed by atoms with E-state index in [-0.39, 0.29) is 18.4 Å². The number of rotatable bonds is 4. The molecule has 0 bridgehead atoms. The number of nitrogens with zero attached hydrogens (tertiary/aromatic N) is 1. The zero-order valence-corrected chi connectivity index (χ0v) is 11.1. The van der Waals surface area contributed by atoms with Crippen molar-refractivity contribution < 1.29 is 23.1 Å². The molecule has 2 aliphatic heterocycles. The molecule has 6 nitrogen and oxygen atoms in total. The van der Waals surface area contributed by atoms with Gasteiger partial charge in [0.15, 0.2) is 0 Å². The van der Waals surface area contributed by atoms with E-state index in [2.05, 4.69) is 0 Å². The summed E-state index contributed by atoms with van der Waals surface area (Å²) in [6, 6.07) is 0. The summed E-state index contributed by atoms with van der Waals surface area (Å²) in [5.41, 5.74) is 0. The quantitative estimate of drug-likeness (QED) is 0.798. The van der Waals surface area contributed by atoms with Gasteiger partial charge >= 0.3 is 5.97 Å². The lowest BCUT2D eigenvalue weighted by molar-refractivity contribution is -0.141. The average molecular weight is 277 g/mol. The fourth-order valence-corrected chi connectivity index (χ4v) is 4.20. The monoisotopic (exact) mass is 277 g/mol. The number of ether oxygens (including phenoxy) is 1. The lowest BCUT2D eigenvalue weighted by Gasteiger charge is -2.25. The van der Waals surface area contributed by atoms with Crippen LogP contribution in [0.4, 0.5) is 0 Å². The van der Waals surface area contributed by atoms with E-state index in [1.54, 1.807) is 0 Å². The number of hydrogen-bond donors (Lipinski definition) is 1. The molecule has 0 amide bonds. The van der Waals surface area contributed by atoms with Crippen LogP contribution in [0.25, 0.3) is 0 Å². The van der Waals surface area contributed by atoms with E-state index in [1.807, 2.05) is 0 Å². The maximum atomic E-state index is 12.1. The Balaban J connectivity index is 1.92. The SMILES string of the molecule is O=C(O)C1CCN(S(=O)(=O)CC2CCCCO2)C1. The van der Waals surface area contributed by atoms with Crippen molar-refractivity contribution in [1.29, 1.82) is 0 Å². The Bertz CT molecular complexity index is 402. The number of sulfonamides is 1. The van der Waals surface area contributed by atoms with Gasteiger partial charge in [-0.2, -0.15) is 0 Å². The molecule has 2 fully saturated rings. The number of carboxylic acids is 1. The summed E-state index contributed by atoms with van der Waals surface area (Å²) < 4.78 is 31.0. The van der Waals surface area contributed by atoms with Gasteiger partial charge in [0.2, 0.25) is 10.0 Å². The maximum absolute atomic E-state index is 12.1. The van der Waals surface area contributed by atoms with E-state index in [0.717, 1.165) is 19.3 Å². The highest BCUT2D eigenvalue weighted by Gasteiger charge is 2.36. The van der Waals surface area contributed by atoms with Gasteiger partial charge in [-0.15, -0.1) is 0 Å². The van der Waals surface area contributed by atoms with Crippen molar-refractivity contribution in [2.45, 2.75) is 31.8 Å². The molecular weight excluding hydrogens is 258 g/mol. The Morgan fingerprint density at radius 3 is 2.67 bits per heavy atom. The first-order chi connectivity index (χ1) is 8.49. The second kappa shape index (κ2) is 5.54. The molecule has 2 rings (SSSR count). The summed E-state index contributed by atoms with van der Waals surface area (Å²) in [4.78, 5) is 10.8. The number of carbonyl (C=O) groups is 1. The minimum Gasteiger partial charge on any atom is -0.481 e. The van der Waals surface area contributed by atoms with Gasteiger partial charge in [0, 0.05) is 19.7 Å². The summed E-state index contributed by atoms with van der Waals surface area (Å²) in [5, 5.41) is 8.87. The predicted octanol–water partition coefficient (Wildman–Crippen LogP) is 0.292. The lowest BCUT2D eigenvalue weighted by Crippen LogP contribution is -2.37. The van der Waals surface area contributed by atoms with Crippen molar-refractivity contribution in [2.24, 2.45) is 5.92 Å². The van der Waals surface area contributed by atoms with Crippen molar-refractivity contribution in [3.8, 4) is 0 Å². The molecule has 2 unspecified atom stereocenters. The third kappa shape index (κ3) is 3.21. The van der Waals surface area contributed by atoms with Crippen molar-refractivity contribution in [1.82, 2.24) is 4.31 Å². The van der Waals surface area contributed by atoms with E-state index in [4.69, 9.17) is 9.84 Å². The molecule has 7 heteroatoms. The van der Waals surface area contributed by atoms with Crippen molar-refractivity contribution in [3.05, 3.63) is 0 Å². The molecule has 2 saturated heterocycles. The molecule has 104 valence electrons. The second-order valence-electron chi connectivity index (χ2n) is 4.95. The summed E-state index contributed by atoms with van der Waals surface area (Å²) in [6.45, 7) is 1.04. The van der Waals surface area contributed by atoms with Crippen LogP contribution in [0.3, 0.4) is 0 Å². The molecule has 0 aromatic rings. The van der Waals surface area contributed by atoms with Crippen LogP contribution < -0.4 is 0 Å². The topological polar surface area (TPSA) is 83.9 Å². The molecule has 0 aromatic carbocycles. The summed E-state index contributed by atoms with van der Waals surface area (Å²) in [5.74, 6) is -1.49. The van der Waals surface area contributed by atoms with Gasteiger partial charge < -0.3 is 9.84 Å². The van der Waals surface area contributed by atoms with Gasteiger partial charge in [-0.05, 0) is 25.7 Å². The van der Waals surface area contributed by atoms with E-state index in [1.165, 1.54) is 4.31 Å². The Morgan fingerprint density at radius 1 is 1.33 bits per heavy atom. The molecule has 2 heterocycles. The van der Waals surface area contributed by atoms with E-state index in [0.29, 0.717) is 19.6 Å². The van der Waals surface area contributed by atoms with Gasteiger partial charge in [0.05, 0.1) is 17.8 Å². The normalized spacial score (nSPS) is 30.4. The predicted molar refractivity (Wildman–Crippen MR) is 64.7 cm³/mol. The van der Waals surface area contributed by atoms with Gasteiger partial charge in [-0.1, -0.05) is 0 Å². The average Bonchev–Trinajstić information content (AvgIpc) is 2.79. The minimum absolute atomic E-state index is 0.0145. The fraction of sp³-hybridized carbons (Fsp3) is 0.909. The fourth-order valence-electron chi connectivity index (χ4n) is 2.46. The summed E-state index contributed by atoms with van der Waals surface area (Å²) in [7, 11) is -3.38. The Labute approximate surface area is 107 Å². The number of hydrogen-bond acceptors (Lipinski definition) is 4. The van der Waals surface area contributed by atoms with E-state index < -0.39 is 21.9 Å². The van der Waals surface area contributed by atoms with Crippen LogP contribution in [0.2, 0.25) is 0 Å². The first-order valence-corrected chi connectivity index (χ1v) is 7.92. The lowest BCUT2D eigenvalue weighted by atomic mass is 10.1. The molecular formula is C11H19NO5S. The zero-order valence-electron chi connectivity index (χ0n) is 10.2. The Hall–Kier alpha value is -0.660. The maximum Gasteiger partial charge on any atom is 0.307 e. The molecule has 0 spiro atoms. The summed E-state index contributed by atoms with van der Waals surface area (Å²) in [6.07, 6.45) is 2.93.